The van der Waals surface area contributed by atoms with Crippen molar-refractivity contribution < 1.29 is 16.8 Å². The molecule has 0 bridgehead atoms. The molecule has 2 N–H and O–H groups in total. The van der Waals surface area contributed by atoms with Crippen LogP contribution in [0.15, 0.2) is 11.4 Å². The van der Waals surface area contributed by atoms with Crippen LogP contribution >= 0.6 is 11.6 Å². The van der Waals surface area contributed by atoms with Crippen LogP contribution in [-0.2, 0) is 27.3 Å². The standard InChI is InChI=1S/C8H14ClN5O4S2/c1-12-6-11-8(7(12)9)19(15,16)13-2-4-14(5-3-13)20(10,17)18/h6H,2-5H2,1H3,(H2,10,17,18). The molecule has 9 nitrogen and oxygen atoms in total. The van der Waals surface area contributed by atoms with Crippen molar-refractivity contribution in [3.05, 3.63) is 11.5 Å². The lowest BCUT2D eigenvalue weighted by molar-refractivity contribution is 0.272. The summed E-state index contributed by atoms with van der Waals surface area (Å²) < 4.78 is 50.6. The maximum atomic E-state index is 12.3. The fraction of sp³-hybridized carbons (Fsp3) is 0.625. The van der Waals surface area contributed by atoms with Crippen LogP contribution in [0, 0.1) is 0 Å². The van der Waals surface area contributed by atoms with Gasteiger partial charge in [-0.2, -0.15) is 17.0 Å². The Hall–Kier alpha value is -0.720. The second-order valence-electron chi connectivity index (χ2n) is 4.30. The highest BCUT2D eigenvalue weighted by Gasteiger charge is 2.34. The number of imidazole rings is 1. The van der Waals surface area contributed by atoms with Gasteiger partial charge in [-0.25, -0.2) is 18.5 Å². The van der Waals surface area contributed by atoms with Crippen LogP contribution in [0.3, 0.4) is 0 Å². The van der Waals surface area contributed by atoms with Crippen molar-refractivity contribution in [2.24, 2.45) is 12.2 Å². The number of hydrogen-bond donors (Lipinski definition) is 1. The van der Waals surface area contributed by atoms with Gasteiger partial charge in [-0.05, 0) is 0 Å². The van der Waals surface area contributed by atoms with Crippen LogP contribution < -0.4 is 5.14 Å². The molecular weight excluding hydrogens is 330 g/mol. The van der Waals surface area contributed by atoms with Crippen molar-refractivity contribution in [2.45, 2.75) is 5.03 Å². The quantitative estimate of drug-likeness (QED) is 0.722. The van der Waals surface area contributed by atoms with E-state index in [9.17, 15) is 16.8 Å². The number of nitrogens with zero attached hydrogens (tertiary/aromatic N) is 4. The molecule has 12 heteroatoms. The minimum absolute atomic E-state index is 0.00250. The van der Waals surface area contributed by atoms with Gasteiger partial charge in [-0.3, -0.25) is 0 Å². The molecule has 1 aliphatic rings. The number of aryl methyl sites for hydroxylation is 1. The van der Waals surface area contributed by atoms with E-state index in [1.807, 2.05) is 0 Å². The van der Waals surface area contributed by atoms with E-state index < -0.39 is 20.2 Å². The topological polar surface area (TPSA) is 119 Å². The summed E-state index contributed by atoms with van der Waals surface area (Å²) in [6.07, 6.45) is 1.30. The molecule has 1 saturated heterocycles. The van der Waals surface area contributed by atoms with E-state index in [0.717, 1.165) is 8.61 Å². The third-order valence-corrected chi connectivity index (χ3v) is 6.45. The predicted octanol–water partition coefficient (Wildman–Crippen LogP) is -1.42. The first-order chi connectivity index (χ1) is 9.14. The van der Waals surface area contributed by atoms with Crippen molar-refractivity contribution in [3.8, 4) is 0 Å². The van der Waals surface area contributed by atoms with Crippen LogP contribution in [0.2, 0.25) is 5.15 Å². The van der Waals surface area contributed by atoms with Crippen molar-refractivity contribution >= 4 is 31.8 Å². The first kappa shape index (κ1) is 15.7. The number of nitrogens with two attached hydrogens (primary N) is 1. The average molecular weight is 344 g/mol. The van der Waals surface area contributed by atoms with Crippen LogP contribution in [0.25, 0.3) is 0 Å². The van der Waals surface area contributed by atoms with Gasteiger partial charge in [0.05, 0.1) is 6.33 Å². The Labute approximate surface area is 122 Å². The van der Waals surface area contributed by atoms with Gasteiger partial charge in [0, 0.05) is 33.2 Å². The molecular formula is C8H14ClN5O4S2. The lowest BCUT2D eigenvalue weighted by Gasteiger charge is -2.31. The Morgan fingerprint density at radius 2 is 1.65 bits per heavy atom. The minimum atomic E-state index is -3.83. The number of rotatable bonds is 3. The van der Waals surface area contributed by atoms with E-state index in [1.165, 1.54) is 10.9 Å². The summed E-state index contributed by atoms with van der Waals surface area (Å²) in [5, 5.41) is 4.78. The van der Waals surface area contributed by atoms with Gasteiger partial charge in [0.15, 0.2) is 0 Å². The number of hydrogen-bond acceptors (Lipinski definition) is 5. The SMILES string of the molecule is Cn1cnc(S(=O)(=O)N2CCN(S(N)(=O)=O)CC2)c1Cl. The Morgan fingerprint density at radius 1 is 1.15 bits per heavy atom. The van der Waals surface area contributed by atoms with Crippen molar-refractivity contribution in [1.82, 2.24) is 18.2 Å². The molecule has 1 aromatic rings. The van der Waals surface area contributed by atoms with Gasteiger partial charge in [0.1, 0.15) is 5.15 Å². The molecule has 1 aromatic heterocycles. The van der Waals surface area contributed by atoms with Gasteiger partial charge >= 0.3 is 0 Å². The fourth-order valence-corrected chi connectivity index (χ4v) is 4.34. The first-order valence-corrected chi connectivity index (χ1v) is 8.91. The zero-order valence-corrected chi connectivity index (χ0v) is 13.0. The molecule has 20 heavy (non-hydrogen) atoms. The molecule has 2 heterocycles. The van der Waals surface area contributed by atoms with E-state index >= 15 is 0 Å². The minimum Gasteiger partial charge on any atom is -0.324 e. The lowest BCUT2D eigenvalue weighted by Crippen LogP contribution is -2.52. The molecule has 0 radical (unpaired) electrons. The summed E-state index contributed by atoms with van der Waals surface area (Å²) in [5.74, 6) is 0. The second kappa shape index (κ2) is 5.24. The molecule has 1 aliphatic heterocycles. The molecule has 0 unspecified atom stereocenters. The highest BCUT2D eigenvalue weighted by molar-refractivity contribution is 7.89. The fourth-order valence-electron chi connectivity index (χ4n) is 1.85. The molecule has 0 aromatic carbocycles. The van der Waals surface area contributed by atoms with E-state index in [0.29, 0.717) is 0 Å². The van der Waals surface area contributed by atoms with Gasteiger partial charge < -0.3 is 4.57 Å². The normalized spacial score (nSPS) is 19.4. The zero-order valence-electron chi connectivity index (χ0n) is 10.6. The number of piperazine rings is 1. The zero-order chi connectivity index (χ0) is 15.1. The summed E-state index contributed by atoms with van der Waals surface area (Å²) in [6.45, 7) is 0.0162. The molecule has 0 atom stereocenters. The van der Waals surface area contributed by atoms with Crippen LogP contribution in [0.5, 0.6) is 0 Å². The molecule has 2 rings (SSSR count). The molecule has 0 spiro atoms. The summed E-state index contributed by atoms with van der Waals surface area (Å²) in [5.41, 5.74) is 0. The summed E-state index contributed by atoms with van der Waals surface area (Å²) in [4.78, 5) is 3.77. The first-order valence-electron chi connectivity index (χ1n) is 5.59. The number of sulfonamides is 1. The molecule has 0 saturated carbocycles. The Kier molecular flexibility index (Phi) is 4.10. The van der Waals surface area contributed by atoms with E-state index in [1.54, 1.807) is 7.05 Å². The Morgan fingerprint density at radius 3 is 2.05 bits per heavy atom. The lowest BCUT2D eigenvalue weighted by atomic mass is 10.4. The van der Waals surface area contributed by atoms with Crippen LogP contribution in [-0.4, -0.2) is 61.2 Å². The summed E-state index contributed by atoms with van der Waals surface area (Å²) in [6, 6.07) is 0. The largest absolute Gasteiger partial charge is 0.324 e. The summed E-state index contributed by atoms with van der Waals surface area (Å²) in [7, 11) is -6.05. The van der Waals surface area contributed by atoms with Gasteiger partial charge in [0.2, 0.25) is 5.03 Å². The van der Waals surface area contributed by atoms with Crippen LogP contribution in [0.1, 0.15) is 0 Å². The maximum absolute atomic E-state index is 12.3. The highest BCUT2D eigenvalue weighted by Crippen LogP contribution is 2.23. The third-order valence-electron chi connectivity index (χ3n) is 2.98. The molecule has 1 fully saturated rings. The molecule has 114 valence electrons. The van der Waals surface area contributed by atoms with E-state index in [4.69, 9.17) is 16.7 Å². The second-order valence-corrected chi connectivity index (χ2v) is 8.06. The Balaban J connectivity index is 2.20. The molecule has 0 amide bonds. The van der Waals surface area contributed by atoms with Crippen molar-refractivity contribution in [1.29, 1.82) is 0 Å². The monoisotopic (exact) mass is 343 g/mol. The molecule has 0 aliphatic carbocycles. The summed E-state index contributed by atoms with van der Waals surface area (Å²) >= 11 is 5.88. The third kappa shape index (κ3) is 2.82. The predicted molar refractivity (Wildman–Crippen MR) is 71.7 cm³/mol. The van der Waals surface area contributed by atoms with Gasteiger partial charge in [-0.15, -0.1) is 0 Å². The van der Waals surface area contributed by atoms with Crippen molar-refractivity contribution in [3.63, 3.8) is 0 Å². The highest BCUT2D eigenvalue weighted by atomic mass is 35.5. The van der Waals surface area contributed by atoms with Gasteiger partial charge in [-0.1, -0.05) is 11.6 Å². The average Bonchev–Trinajstić information content (AvgIpc) is 2.69. The van der Waals surface area contributed by atoms with Crippen molar-refractivity contribution in [2.75, 3.05) is 26.2 Å². The maximum Gasteiger partial charge on any atom is 0.276 e. The Bertz CT molecular complexity index is 705. The number of halogens is 1. The van der Waals surface area contributed by atoms with E-state index in [-0.39, 0.29) is 36.4 Å². The number of aromatic nitrogens is 2. The van der Waals surface area contributed by atoms with Gasteiger partial charge in [0.25, 0.3) is 20.2 Å². The van der Waals surface area contributed by atoms with E-state index in [2.05, 4.69) is 4.98 Å². The van der Waals surface area contributed by atoms with Crippen LogP contribution in [0.4, 0.5) is 0 Å². The smallest absolute Gasteiger partial charge is 0.276 e.